The van der Waals surface area contributed by atoms with Gasteiger partial charge >= 0.3 is 0 Å². The molecular formula is C10H13N3O4S. The van der Waals surface area contributed by atoms with Gasteiger partial charge in [0.2, 0.25) is 15.9 Å². The first kappa shape index (κ1) is 12.9. The molecule has 0 saturated carbocycles. The van der Waals surface area contributed by atoms with E-state index in [2.05, 4.69) is 4.98 Å². The highest BCUT2D eigenvalue weighted by Crippen LogP contribution is 2.23. The Bertz CT molecular complexity index is 572. The first-order valence-corrected chi connectivity index (χ1v) is 6.90. The van der Waals surface area contributed by atoms with Crippen molar-refractivity contribution in [3.05, 3.63) is 23.9 Å². The van der Waals surface area contributed by atoms with Gasteiger partial charge in [0, 0.05) is 19.2 Å². The minimum Gasteiger partial charge on any atom is -0.392 e. The maximum atomic E-state index is 11.7. The molecule has 1 aromatic heterocycles. The third-order valence-corrected chi connectivity index (χ3v) is 4.07. The molecule has 7 nitrogen and oxygen atoms in total. The van der Waals surface area contributed by atoms with E-state index in [1.54, 1.807) is 12.1 Å². The van der Waals surface area contributed by atoms with E-state index in [1.807, 2.05) is 0 Å². The van der Waals surface area contributed by atoms with Gasteiger partial charge in [-0.3, -0.25) is 9.69 Å². The molecule has 0 spiro atoms. The third kappa shape index (κ3) is 2.50. The molecule has 1 atom stereocenters. The molecular weight excluding hydrogens is 258 g/mol. The van der Waals surface area contributed by atoms with Crippen molar-refractivity contribution in [2.45, 2.75) is 18.3 Å². The van der Waals surface area contributed by atoms with Crippen molar-refractivity contribution in [2.24, 2.45) is 5.14 Å². The summed E-state index contributed by atoms with van der Waals surface area (Å²) in [7, 11) is -3.73. The lowest BCUT2D eigenvalue weighted by atomic mass is 10.3. The minimum atomic E-state index is -3.73. The van der Waals surface area contributed by atoms with E-state index in [-0.39, 0.29) is 25.5 Å². The van der Waals surface area contributed by atoms with Crippen molar-refractivity contribution in [3.63, 3.8) is 0 Å². The highest BCUT2D eigenvalue weighted by atomic mass is 32.2. The number of sulfonamides is 1. The summed E-state index contributed by atoms with van der Waals surface area (Å²) >= 11 is 0. The van der Waals surface area contributed by atoms with Crippen molar-refractivity contribution in [1.82, 2.24) is 4.98 Å². The normalized spacial score (nSPS) is 20.4. The summed E-state index contributed by atoms with van der Waals surface area (Å²) < 4.78 is 22.4. The first-order valence-electron chi connectivity index (χ1n) is 5.29. The molecule has 1 saturated heterocycles. The van der Waals surface area contributed by atoms with E-state index in [0.717, 1.165) is 0 Å². The second-order valence-corrected chi connectivity index (χ2v) is 5.94. The van der Waals surface area contributed by atoms with Crippen molar-refractivity contribution in [2.75, 3.05) is 11.4 Å². The molecule has 0 radical (unpaired) electrons. The summed E-state index contributed by atoms with van der Waals surface area (Å²) in [5.41, 5.74) is 0.604. The Balaban J connectivity index is 2.27. The topological polar surface area (TPSA) is 114 Å². The van der Waals surface area contributed by atoms with Gasteiger partial charge in [-0.2, -0.15) is 0 Å². The number of pyridine rings is 1. The number of aliphatic hydroxyl groups is 1. The molecule has 3 N–H and O–H groups in total. The summed E-state index contributed by atoms with van der Waals surface area (Å²) in [6, 6.07) is 3.16. The number of amides is 1. The summed E-state index contributed by atoms with van der Waals surface area (Å²) in [5.74, 6) is -0.00526. The molecule has 98 valence electrons. The second-order valence-electron chi connectivity index (χ2n) is 4.10. The van der Waals surface area contributed by atoms with Crippen LogP contribution in [0, 0.1) is 0 Å². The number of aromatic nitrogens is 1. The Morgan fingerprint density at radius 2 is 2.28 bits per heavy atom. The molecule has 2 heterocycles. The predicted octanol–water partition coefficient (Wildman–Crippen LogP) is -1.03. The quantitative estimate of drug-likeness (QED) is 0.729. The van der Waals surface area contributed by atoms with E-state index >= 15 is 0 Å². The average molecular weight is 271 g/mol. The number of aliphatic hydroxyl groups excluding tert-OH is 1. The molecule has 1 aliphatic rings. The van der Waals surface area contributed by atoms with Gasteiger partial charge in [-0.25, -0.2) is 18.5 Å². The molecule has 0 aromatic carbocycles. The number of nitrogens with zero attached hydrogens (tertiary/aromatic N) is 2. The van der Waals surface area contributed by atoms with Crippen LogP contribution in [0.4, 0.5) is 5.82 Å². The summed E-state index contributed by atoms with van der Waals surface area (Å²) in [6.07, 6.45) is 1.32. The van der Waals surface area contributed by atoms with Gasteiger partial charge in [0.1, 0.15) is 11.1 Å². The largest absolute Gasteiger partial charge is 0.392 e. The third-order valence-electron chi connectivity index (χ3n) is 2.82. The van der Waals surface area contributed by atoms with Crippen molar-refractivity contribution in [1.29, 1.82) is 0 Å². The predicted molar refractivity (Wildman–Crippen MR) is 64.0 cm³/mol. The summed E-state index contributed by atoms with van der Waals surface area (Å²) in [4.78, 5) is 17.0. The van der Waals surface area contributed by atoms with Crippen LogP contribution in [0.1, 0.15) is 12.0 Å². The number of hydrogen-bond acceptors (Lipinski definition) is 5. The number of carbonyl (C=O) groups excluding carboxylic acids is 1. The van der Waals surface area contributed by atoms with Crippen molar-refractivity contribution < 1.29 is 18.3 Å². The van der Waals surface area contributed by atoms with Crippen molar-refractivity contribution in [3.8, 4) is 0 Å². The summed E-state index contributed by atoms with van der Waals surface area (Å²) in [6.45, 7) is -0.171. The van der Waals surface area contributed by atoms with E-state index < -0.39 is 15.3 Å². The van der Waals surface area contributed by atoms with E-state index in [1.165, 1.54) is 11.1 Å². The molecule has 1 fully saturated rings. The van der Waals surface area contributed by atoms with Crippen LogP contribution in [0.3, 0.4) is 0 Å². The van der Waals surface area contributed by atoms with Gasteiger partial charge in [-0.05, 0) is 17.7 Å². The smallest absolute Gasteiger partial charge is 0.229 e. The van der Waals surface area contributed by atoms with Crippen LogP contribution < -0.4 is 10.0 Å². The molecule has 18 heavy (non-hydrogen) atoms. The Morgan fingerprint density at radius 3 is 2.83 bits per heavy atom. The van der Waals surface area contributed by atoms with Crippen LogP contribution in [-0.2, 0) is 21.4 Å². The number of anilines is 1. The maximum Gasteiger partial charge on any atom is 0.229 e. The molecule has 1 amide bonds. The lowest BCUT2D eigenvalue weighted by molar-refractivity contribution is -0.117. The van der Waals surface area contributed by atoms with Crippen LogP contribution in [-0.4, -0.2) is 36.2 Å². The van der Waals surface area contributed by atoms with Crippen LogP contribution in [0.5, 0.6) is 0 Å². The molecule has 2 rings (SSSR count). The molecule has 1 unspecified atom stereocenters. The fourth-order valence-corrected chi connectivity index (χ4v) is 2.55. The highest BCUT2D eigenvalue weighted by Gasteiger charge is 2.37. The zero-order valence-electron chi connectivity index (χ0n) is 9.48. The second kappa shape index (κ2) is 4.63. The molecule has 1 aromatic rings. The van der Waals surface area contributed by atoms with E-state index in [4.69, 9.17) is 10.2 Å². The Morgan fingerprint density at radius 1 is 1.56 bits per heavy atom. The Hall–Kier alpha value is -1.51. The van der Waals surface area contributed by atoms with E-state index in [0.29, 0.717) is 11.4 Å². The number of carbonyl (C=O) groups is 1. The fraction of sp³-hybridized carbons (Fsp3) is 0.400. The van der Waals surface area contributed by atoms with Gasteiger partial charge in [-0.1, -0.05) is 0 Å². The van der Waals surface area contributed by atoms with Crippen LogP contribution >= 0.6 is 0 Å². The lowest BCUT2D eigenvalue weighted by Crippen LogP contribution is -2.32. The first-order chi connectivity index (χ1) is 8.41. The molecule has 0 bridgehead atoms. The van der Waals surface area contributed by atoms with E-state index in [9.17, 15) is 13.2 Å². The number of nitrogens with two attached hydrogens (primary N) is 1. The highest BCUT2D eigenvalue weighted by molar-refractivity contribution is 7.89. The van der Waals surface area contributed by atoms with Gasteiger partial charge in [0.25, 0.3) is 0 Å². The van der Waals surface area contributed by atoms with Crippen LogP contribution in [0.2, 0.25) is 0 Å². The van der Waals surface area contributed by atoms with Gasteiger partial charge < -0.3 is 5.11 Å². The Kier molecular flexibility index (Phi) is 3.33. The van der Waals surface area contributed by atoms with Gasteiger partial charge in [0.15, 0.2) is 0 Å². The number of rotatable bonds is 3. The monoisotopic (exact) mass is 271 g/mol. The van der Waals surface area contributed by atoms with Crippen molar-refractivity contribution >= 4 is 21.7 Å². The SMILES string of the molecule is NS(=O)(=O)C1CC(=O)N(c2cc(CO)ccn2)C1. The molecule has 8 heteroatoms. The standard InChI is InChI=1S/C10H13N3O4S/c11-18(16,17)8-4-10(15)13(5-8)9-3-7(6-14)1-2-12-9/h1-3,8,14H,4-6H2,(H2,11,16,17). The minimum absolute atomic E-state index is 0.000448. The number of primary sulfonamides is 1. The Labute approximate surface area is 104 Å². The zero-order chi connectivity index (χ0) is 13.3. The average Bonchev–Trinajstić information content (AvgIpc) is 2.71. The van der Waals surface area contributed by atoms with Gasteiger partial charge in [0.05, 0.1) is 6.61 Å². The number of hydrogen-bond donors (Lipinski definition) is 2. The summed E-state index contributed by atoms with van der Waals surface area (Å²) in [5, 5.41) is 13.1. The lowest BCUT2D eigenvalue weighted by Gasteiger charge is -2.15. The van der Waals surface area contributed by atoms with Gasteiger partial charge in [-0.15, -0.1) is 0 Å². The maximum absolute atomic E-state index is 11.7. The van der Waals surface area contributed by atoms with Crippen LogP contribution in [0.25, 0.3) is 0 Å². The zero-order valence-corrected chi connectivity index (χ0v) is 10.3. The molecule has 0 aliphatic carbocycles. The fourth-order valence-electron chi connectivity index (χ4n) is 1.82. The van der Waals surface area contributed by atoms with Crippen LogP contribution in [0.15, 0.2) is 18.3 Å². The molecule has 1 aliphatic heterocycles.